The van der Waals surface area contributed by atoms with Crippen molar-refractivity contribution < 1.29 is 72.3 Å². The van der Waals surface area contributed by atoms with Gasteiger partial charge in [0, 0.05) is 51.1 Å². The minimum atomic E-state index is -1.22. The third-order valence-electron chi connectivity index (χ3n) is 16.6. The number of carbonyl (C=O) groups excluding carboxylic acids is 2. The van der Waals surface area contributed by atoms with Crippen LogP contribution in [0.3, 0.4) is 0 Å². The van der Waals surface area contributed by atoms with Gasteiger partial charge in [0.05, 0.1) is 42.2 Å². The minimum absolute atomic E-state index is 0.0391. The number of Topliss-reactive ketones (excluding diaryl/α,β-unsaturated/α-hetero) is 1. The van der Waals surface area contributed by atoms with E-state index in [4.69, 9.17) is 47.4 Å². The van der Waals surface area contributed by atoms with Gasteiger partial charge in [-0.3, -0.25) is 4.79 Å². The molecule has 0 spiro atoms. The molecular weight excluding hydrogens is 805 g/mol. The number of ketones is 1. The molecule has 6 fully saturated rings. The van der Waals surface area contributed by atoms with E-state index < -0.39 is 96.9 Å². The fourth-order valence-corrected chi connectivity index (χ4v) is 12.8. The van der Waals surface area contributed by atoms with Crippen molar-refractivity contribution in [2.45, 2.75) is 211 Å². The second kappa shape index (κ2) is 18.8. The quantitative estimate of drug-likeness (QED) is 0.139. The number of fused-ring (bicyclic) bond motifs is 5. The zero-order valence-corrected chi connectivity index (χ0v) is 38.7. The lowest BCUT2D eigenvalue weighted by Crippen LogP contribution is -2.66. The molecule has 15 heteroatoms. The van der Waals surface area contributed by atoms with Crippen molar-refractivity contribution in [1.82, 2.24) is 0 Å². The SMILES string of the molecule is C/C=C(\C)C(=O)O[C@@H]1C[C@H]2[C@@H](CC=C3C[C@@H](O[C@H]4C[C@@H](OC)[C@H](O[C@H]5C[C@@H](OC)[C@H](O[C@@H]6OC(C)[C@@H](O)C(OC)[C@@H]6O)C(C)O5)C(C)O4)CC[C@@]32C)[C@@]2(O)CC[C@H](C(C)=O)[C@@]12C. The first-order valence-corrected chi connectivity index (χ1v) is 23.0. The molecule has 4 aliphatic carbocycles. The largest absolute Gasteiger partial charge is 0.458 e. The van der Waals surface area contributed by atoms with Gasteiger partial charge in [0.15, 0.2) is 18.9 Å². The Morgan fingerprint density at radius 1 is 0.774 bits per heavy atom. The zero-order valence-electron chi connectivity index (χ0n) is 38.7. The van der Waals surface area contributed by atoms with Crippen LogP contribution in [0.5, 0.6) is 0 Å². The van der Waals surface area contributed by atoms with E-state index in [9.17, 15) is 24.9 Å². The molecule has 0 amide bonds. The molecule has 3 saturated heterocycles. The van der Waals surface area contributed by atoms with Crippen molar-refractivity contribution in [2.75, 3.05) is 21.3 Å². The fraction of sp³-hybridized carbons (Fsp3) is 0.872. The van der Waals surface area contributed by atoms with Gasteiger partial charge in [0.1, 0.15) is 42.4 Å². The first kappa shape index (κ1) is 48.1. The lowest BCUT2D eigenvalue weighted by molar-refractivity contribution is -0.352. The number of esters is 1. The van der Waals surface area contributed by atoms with E-state index in [2.05, 4.69) is 13.0 Å². The molecule has 21 atom stereocenters. The average molecular weight is 879 g/mol. The Kier molecular flexibility index (Phi) is 14.6. The first-order valence-electron chi connectivity index (χ1n) is 23.0. The van der Waals surface area contributed by atoms with E-state index in [0.717, 1.165) is 19.3 Å². The Hall–Kier alpha value is -1.86. The Morgan fingerprint density at radius 3 is 2.00 bits per heavy atom. The summed E-state index contributed by atoms with van der Waals surface area (Å²) in [5.74, 6) is -0.727. The molecule has 0 bridgehead atoms. The molecule has 3 N–H and O–H groups in total. The zero-order chi connectivity index (χ0) is 45.1. The van der Waals surface area contributed by atoms with Gasteiger partial charge < -0.3 is 62.7 Å². The highest BCUT2D eigenvalue weighted by Gasteiger charge is 2.71. The molecule has 3 saturated carbocycles. The highest BCUT2D eigenvalue weighted by atomic mass is 16.8. The first-order chi connectivity index (χ1) is 29.3. The number of rotatable bonds is 12. The lowest BCUT2D eigenvalue weighted by Gasteiger charge is -2.63. The molecule has 352 valence electrons. The highest BCUT2D eigenvalue weighted by Crippen LogP contribution is 2.68. The van der Waals surface area contributed by atoms with Gasteiger partial charge in [-0.25, -0.2) is 4.79 Å². The van der Waals surface area contributed by atoms with Crippen LogP contribution in [0.25, 0.3) is 0 Å². The number of methoxy groups -OCH3 is 3. The summed E-state index contributed by atoms with van der Waals surface area (Å²) in [4.78, 5) is 26.4. The molecule has 7 rings (SSSR count). The maximum atomic E-state index is 13.3. The molecule has 3 aliphatic heterocycles. The molecule has 15 nitrogen and oxygen atoms in total. The molecule has 0 aromatic carbocycles. The van der Waals surface area contributed by atoms with E-state index in [1.165, 1.54) is 12.7 Å². The predicted octanol–water partition coefficient (Wildman–Crippen LogP) is 4.69. The molecule has 4 unspecified atom stereocenters. The minimum Gasteiger partial charge on any atom is -0.458 e. The van der Waals surface area contributed by atoms with Crippen molar-refractivity contribution in [3.63, 3.8) is 0 Å². The van der Waals surface area contributed by atoms with Crippen LogP contribution < -0.4 is 0 Å². The van der Waals surface area contributed by atoms with Crippen LogP contribution in [-0.2, 0) is 57.0 Å². The monoisotopic (exact) mass is 879 g/mol. The van der Waals surface area contributed by atoms with Crippen LogP contribution in [0.15, 0.2) is 23.3 Å². The van der Waals surface area contributed by atoms with Crippen LogP contribution in [0.4, 0.5) is 0 Å². The van der Waals surface area contributed by atoms with E-state index >= 15 is 0 Å². The number of hydrogen-bond donors (Lipinski definition) is 3. The number of aliphatic hydroxyl groups is 3. The van der Waals surface area contributed by atoms with Gasteiger partial charge in [0.2, 0.25) is 0 Å². The molecule has 7 aliphatic rings. The maximum absolute atomic E-state index is 13.3. The van der Waals surface area contributed by atoms with Crippen molar-refractivity contribution in [1.29, 1.82) is 0 Å². The number of ether oxygens (including phenoxy) is 10. The molecule has 62 heavy (non-hydrogen) atoms. The summed E-state index contributed by atoms with van der Waals surface area (Å²) in [5.41, 5.74) is -0.439. The van der Waals surface area contributed by atoms with E-state index in [0.29, 0.717) is 44.1 Å². The summed E-state index contributed by atoms with van der Waals surface area (Å²) in [6, 6.07) is 0. The number of allylic oxidation sites excluding steroid dienone is 2. The van der Waals surface area contributed by atoms with Crippen LogP contribution in [0.2, 0.25) is 0 Å². The van der Waals surface area contributed by atoms with Gasteiger partial charge in [-0.15, -0.1) is 0 Å². The van der Waals surface area contributed by atoms with E-state index in [1.807, 2.05) is 27.7 Å². The smallest absolute Gasteiger partial charge is 0.333 e. The molecule has 0 aromatic heterocycles. The number of carbonyl (C=O) groups is 2. The third-order valence-corrected chi connectivity index (χ3v) is 16.6. The summed E-state index contributed by atoms with van der Waals surface area (Å²) in [7, 11) is 4.68. The van der Waals surface area contributed by atoms with E-state index in [1.54, 1.807) is 41.1 Å². The Morgan fingerprint density at radius 2 is 1.40 bits per heavy atom. The van der Waals surface area contributed by atoms with Crippen molar-refractivity contribution in [3.05, 3.63) is 23.3 Å². The molecule has 0 aromatic rings. The van der Waals surface area contributed by atoms with Crippen molar-refractivity contribution in [2.24, 2.45) is 28.6 Å². The predicted molar refractivity (Wildman–Crippen MR) is 223 cm³/mol. The third kappa shape index (κ3) is 8.42. The molecular formula is C47H74O15. The number of hydrogen-bond acceptors (Lipinski definition) is 15. The summed E-state index contributed by atoms with van der Waals surface area (Å²) >= 11 is 0. The van der Waals surface area contributed by atoms with Crippen LogP contribution >= 0.6 is 0 Å². The Labute approximate surface area is 367 Å². The summed E-state index contributed by atoms with van der Waals surface area (Å²) in [6.07, 6.45) is 0.173. The van der Waals surface area contributed by atoms with Gasteiger partial charge in [-0.1, -0.05) is 31.6 Å². The highest BCUT2D eigenvalue weighted by molar-refractivity contribution is 5.88. The van der Waals surface area contributed by atoms with Gasteiger partial charge in [0.25, 0.3) is 0 Å². The van der Waals surface area contributed by atoms with Gasteiger partial charge in [-0.2, -0.15) is 0 Å². The number of aliphatic hydroxyl groups excluding tert-OH is 2. The summed E-state index contributed by atoms with van der Waals surface area (Å²) in [5, 5.41) is 34.1. The lowest BCUT2D eigenvalue weighted by atomic mass is 9.45. The van der Waals surface area contributed by atoms with Gasteiger partial charge >= 0.3 is 5.97 Å². The standard InChI is InChI=1S/C47H74O15/c1-12-23(2)43(51)60-35-20-32-31(47(52)18-16-30(24(3)48)46(35,47)8)14-13-28-19-29(15-17-45(28,32)7)59-36-21-33(53-9)40(26(5)56-36)61-37-22-34(54-10)41(27(6)57-37)62-44-39(50)42(55-11)38(49)25(4)58-44/h12-13,25-27,29-42,44,49-50,52H,14-22H2,1-11H3/b23-12+/t25?,26?,27?,29-,30+,31+,32-,33+,34+,35+,36-,37-,38+,39-,40+,41+,42?,44-,45-,46-,47-/m0/s1. The normalized spacial score (nSPS) is 49.6. The van der Waals surface area contributed by atoms with Crippen molar-refractivity contribution >= 4 is 11.8 Å². The van der Waals surface area contributed by atoms with Crippen LogP contribution in [0, 0.1) is 28.6 Å². The van der Waals surface area contributed by atoms with Gasteiger partial charge in [-0.05, 0) is 104 Å². The van der Waals surface area contributed by atoms with E-state index in [-0.39, 0.29) is 41.2 Å². The Balaban J connectivity index is 0.980. The summed E-state index contributed by atoms with van der Waals surface area (Å²) < 4.78 is 61.8. The molecule has 0 radical (unpaired) electrons. The van der Waals surface area contributed by atoms with Crippen LogP contribution in [0.1, 0.15) is 113 Å². The average Bonchev–Trinajstić information content (AvgIpc) is 3.53. The second-order valence-electron chi connectivity index (χ2n) is 19.8. The van der Waals surface area contributed by atoms with Crippen molar-refractivity contribution in [3.8, 4) is 0 Å². The molecule has 3 heterocycles. The second-order valence-corrected chi connectivity index (χ2v) is 19.8. The maximum Gasteiger partial charge on any atom is 0.333 e. The Bertz CT molecular complexity index is 1670. The fourth-order valence-electron chi connectivity index (χ4n) is 12.8. The topological polar surface area (TPSA) is 187 Å². The van der Waals surface area contributed by atoms with Crippen LogP contribution in [-0.4, -0.2) is 146 Å². The summed E-state index contributed by atoms with van der Waals surface area (Å²) in [6.45, 7) is 15.0.